The first-order chi connectivity index (χ1) is 17.4. The molecule has 0 saturated carbocycles. The van der Waals surface area contributed by atoms with Gasteiger partial charge in [-0.05, 0) is 69.6 Å². The lowest BCUT2D eigenvalue weighted by Crippen LogP contribution is -2.39. The number of phenols is 1. The first kappa shape index (κ1) is 25.2. The van der Waals surface area contributed by atoms with Crippen molar-refractivity contribution >= 4 is 22.9 Å². The summed E-state index contributed by atoms with van der Waals surface area (Å²) in [4.78, 5) is 39.2. The largest absolute Gasteiger partial charge is 0.507 e. The molecule has 1 fully saturated rings. The Morgan fingerprint density at radius 1 is 1.08 bits per heavy atom. The van der Waals surface area contributed by atoms with Crippen molar-refractivity contribution < 1.29 is 33.3 Å². The van der Waals surface area contributed by atoms with Crippen LogP contribution in [0.5, 0.6) is 17.2 Å². The van der Waals surface area contributed by atoms with E-state index in [1.165, 1.54) is 18.4 Å². The molecule has 1 aromatic heterocycles. The summed E-state index contributed by atoms with van der Waals surface area (Å²) in [6, 6.07) is 9.18. The summed E-state index contributed by atoms with van der Waals surface area (Å²) >= 11 is 0. The van der Waals surface area contributed by atoms with Gasteiger partial charge in [0, 0.05) is 13.1 Å². The summed E-state index contributed by atoms with van der Waals surface area (Å²) in [7, 11) is 0. The van der Waals surface area contributed by atoms with Gasteiger partial charge in [-0.2, -0.15) is 0 Å². The van der Waals surface area contributed by atoms with Crippen LogP contribution in [0.2, 0.25) is 0 Å². The van der Waals surface area contributed by atoms with E-state index < -0.39 is 11.4 Å². The molecule has 1 aliphatic rings. The van der Waals surface area contributed by atoms with Crippen LogP contribution in [0.4, 0.5) is 0 Å². The molecule has 1 aliphatic heterocycles. The van der Waals surface area contributed by atoms with Crippen LogP contribution >= 0.6 is 0 Å². The van der Waals surface area contributed by atoms with Gasteiger partial charge < -0.3 is 23.7 Å². The number of aromatic hydroxyl groups is 1. The second-order valence-corrected chi connectivity index (χ2v) is 8.54. The Morgan fingerprint density at radius 2 is 1.83 bits per heavy atom. The number of carbonyl (C=O) groups is 2. The second kappa shape index (κ2) is 11.3. The van der Waals surface area contributed by atoms with Crippen LogP contribution < -0.4 is 10.2 Å². The molecule has 0 spiro atoms. The Balaban J connectivity index is 1.55. The molecule has 1 unspecified atom stereocenters. The standard InChI is InChI=1S/C27H29NO8/c1-3-33-26(31)17-7-9-19(10-8-17)36-23-16-35-25-20(24(23)30)11-12-22(29)21(25)15-28-13-5-6-18(14-28)27(32)34-4-2/h7-12,16,18,29H,3-6,13-15H2,1-2H3. The van der Waals surface area contributed by atoms with Crippen molar-refractivity contribution in [3.8, 4) is 17.2 Å². The molecule has 1 saturated heterocycles. The van der Waals surface area contributed by atoms with Gasteiger partial charge in [0.05, 0.1) is 35.6 Å². The van der Waals surface area contributed by atoms with Gasteiger partial charge in [-0.15, -0.1) is 0 Å². The maximum Gasteiger partial charge on any atom is 0.338 e. The Kier molecular flexibility index (Phi) is 7.90. The smallest absolute Gasteiger partial charge is 0.338 e. The number of piperidine rings is 1. The van der Waals surface area contributed by atoms with Crippen molar-refractivity contribution in [2.45, 2.75) is 33.2 Å². The van der Waals surface area contributed by atoms with Crippen molar-refractivity contribution in [1.29, 1.82) is 0 Å². The highest BCUT2D eigenvalue weighted by molar-refractivity contribution is 5.89. The fraction of sp³-hybridized carbons (Fsp3) is 0.370. The number of likely N-dealkylation sites (tertiary alicyclic amines) is 1. The van der Waals surface area contributed by atoms with Crippen molar-refractivity contribution in [2.24, 2.45) is 5.92 Å². The number of fused-ring (bicyclic) bond motifs is 1. The predicted octanol–water partition coefficient (Wildman–Crippen LogP) is 4.24. The Hall–Kier alpha value is -3.85. The molecule has 4 rings (SSSR count). The summed E-state index contributed by atoms with van der Waals surface area (Å²) in [5, 5.41) is 10.8. The SMILES string of the molecule is CCOC(=O)c1ccc(Oc2coc3c(CN4CCCC(C(=O)OCC)C4)c(O)ccc3c2=O)cc1. The maximum atomic E-state index is 13.1. The van der Waals surface area contributed by atoms with Crippen LogP contribution in [0.15, 0.2) is 51.9 Å². The average Bonchev–Trinajstić information content (AvgIpc) is 2.88. The zero-order valence-electron chi connectivity index (χ0n) is 20.3. The van der Waals surface area contributed by atoms with E-state index in [4.69, 9.17) is 18.6 Å². The number of hydrogen-bond acceptors (Lipinski definition) is 9. The van der Waals surface area contributed by atoms with Gasteiger partial charge in [0.2, 0.25) is 11.2 Å². The highest BCUT2D eigenvalue weighted by atomic mass is 16.5. The van der Waals surface area contributed by atoms with Crippen LogP contribution in [0.1, 0.15) is 42.6 Å². The number of esters is 2. The highest BCUT2D eigenvalue weighted by Crippen LogP contribution is 2.31. The number of carbonyl (C=O) groups excluding carboxylic acids is 2. The van der Waals surface area contributed by atoms with Gasteiger partial charge in [-0.1, -0.05) is 0 Å². The summed E-state index contributed by atoms with van der Waals surface area (Å²) in [6.07, 6.45) is 2.80. The quantitative estimate of drug-likeness (QED) is 0.458. The monoisotopic (exact) mass is 495 g/mol. The van der Waals surface area contributed by atoms with Crippen LogP contribution in [-0.2, 0) is 20.8 Å². The van der Waals surface area contributed by atoms with E-state index in [0.29, 0.717) is 36.6 Å². The van der Waals surface area contributed by atoms with Crippen molar-refractivity contribution in [1.82, 2.24) is 4.90 Å². The van der Waals surface area contributed by atoms with Crippen LogP contribution in [-0.4, -0.2) is 48.2 Å². The summed E-state index contributed by atoms with van der Waals surface area (Å²) in [5.41, 5.74) is 0.718. The lowest BCUT2D eigenvalue weighted by atomic mass is 9.97. The molecular weight excluding hydrogens is 466 g/mol. The molecule has 36 heavy (non-hydrogen) atoms. The van der Waals surface area contributed by atoms with Gasteiger partial charge in [-0.3, -0.25) is 14.5 Å². The molecule has 2 heterocycles. The predicted molar refractivity (Wildman–Crippen MR) is 131 cm³/mol. The van der Waals surface area contributed by atoms with Crippen LogP contribution in [0.25, 0.3) is 11.0 Å². The molecule has 9 nitrogen and oxygen atoms in total. The molecule has 0 bridgehead atoms. The average molecular weight is 496 g/mol. The van der Waals surface area contributed by atoms with Gasteiger partial charge in [0.25, 0.3) is 0 Å². The molecule has 2 aromatic carbocycles. The summed E-state index contributed by atoms with van der Waals surface area (Å²) < 4.78 is 21.6. The molecule has 9 heteroatoms. The first-order valence-electron chi connectivity index (χ1n) is 12.0. The Morgan fingerprint density at radius 3 is 2.56 bits per heavy atom. The van der Waals surface area contributed by atoms with E-state index in [1.807, 2.05) is 0 Å². The fourth-order valence-corrected chi connectivity index (χ4v) is 4.33. The van der Waals surface area contributed by atoms with E-state index in [-0.39, 0.29) is 41.0 Å². The van der Waals surface area contributed by atoms with E-state index in [0.717, 1.165) is 19.4 Å². The number of nitrogens with zero attached hydrogens (tertiary/aromatic N) is 1. The van der Waals surface area contributed by atoms with Crippen molar-refractivity contribution in [3.05, 3.63) is 64.0 Å². The lowest BCUT2D eigenvalue weighted by Gasteiger charge is -2.31. The van der Waals surface area contributed by atoms with Gasteiger partial charge in [-0.25, -0.2) is 4.79 Å². The molecule has 0 amide bonds. The maximum absolute atomic E-state index is 13.1. The third-order valence-corrected chi connectivity index (χ3v) is 6.09. The third-order valence-electron chi connectivity index (χ3n) is 6.09. The fourth-order valence-electron chi connectivity index (χ4n) is 4.33. The summed E-state index contributed by atoms with van der Waals surface area (Å²) in [5.74, 6) is -0.544. The topological polar surface area (TPSA) is 116 Å². The molecule has 1 atom stereocenters. The zero-order valence-corrected chi connectivity index (χ0v) is 20.3. The minimum Gasteiger partial charge on any atom is -0.507 e. The van der Waals surface area contributed by atoms with Crippen LogP contribution in [0.3, 0.4) is 0 Å². The number of hydrogen-bond donors (Lipinski definition) is 1. The number of ether oxygens (including phenoxy) is 3. The Bertz CT molecular complexity index is 1300. The normalized spacial score (nSPS) is 16.0. The Labute approximate surface area is 208 Å². The van der Waals surface area contributed by atoms with E-state index in [1.54, 1.807) is 38.1 Å². The van der Waals surface area contributed by atoms with Crippen molar-refractivity contribution in [2.75, 3.05) is 26.3 Å². The molecular formula is C27H29NO8. The summed E-state index contributed by atoms with van der Waals surface area (Å²) in [6.45, 7) is 5.69. The van der Waals surface area contributed by atoms with Crippen molar-refractivity contribution in [3.63, 3.8) is 0 Å². The number of rotatable bonds is 8. The van der Waals surface area contributed by atoms with E-state index >= 15 is 0 Å². The second-order valence-electron chi connectivity index (χ2n) is 8.54. The minimum absolute atomic E-state index is 0.00660. The number of phenolic OH excluding ortho intramolecular Hbond substituents is 1. The minimum atomic E-state index is -0.441. The third kappa shape index (κ3) is 5.52. The van der Waals surface area contributed by atoms with Gasteiger partial charge >= 0.3 is 11.9 Å². The lowest BCUT2D eigenvalue weighted by molar-refractivity contribution is -0.150. The zero-order chi connectivity index (χ0) is 25.7. The first-order valence-corrected chi connectivity index (χ1v) is 12.0. The highest BCUT2D eigenvalue weighted by Gasteiger charge is 2.28. The molecule has 3 aromatic rings. The van der Waals surface area contributed by atoms with Crippen LogP contribution in [0, 0.1) is 5.92 Å². The number of benzene rings is 2. The van der Waals surface area contributed by atoms with Gasteiger partial charge in [0.15, 0.2) is 0 Å². The molecule has 0 radical (unpaired) electrons. The van der Waals surface area contributed by atoms with E-state index in [2.05, 4.69) is 4.90 Å². The molecule has 1 N–H and O–H groups in total. The van der Waals surface area contributed by atoms with Gasteiger partial charge in [0.1, 0.15) is 23.3 Å². The van der Waals surface area contributed by atoms with E-state index in [9.17, 15) is 19.5 Å². The molecule has 0 aliphatic carbocycles. The molecule has 190 valence electrons.